The highest BCUT2D eigenvalue weighted by molar-refractivity contribution is 7.10. The van der Waals surface area contributed by atoms with Crippen LogP contribution in [0.3, 0.4) is 0 Å². The summed E-state index contributed by atoms with van der Waals surface area (Å²) < 4.78 is 0. The lowest BCUT2D eigenvalue weighted by molar-refractivity contribution is -0.384. The van der Waals surface area contributed by atoms with Crippen molar-refractivity contribution < 1.29 is 19.6 Å². The quantitative estimate of drug-likeness (QED) is 0.205. The molecule has 30 heavy (non-hydrogen) atoms. The third-order valence-corrected chi connectivity index (χ3v) is 6.88. The largest absolute Gasteiger partial charge is 0.507 e. The number of Topliss-reactive ketones (excluding diaryl/α,β-unsaturated/α-hetero) is 1. The van der Waals surface area contributed by atoms with Gasteiger partial charge in [-0.2, -0.15) is 0 Å². The Morgan fingerprint density at radius 2 is 1.87 bits per heavy atom. The van der Waals surface area contributed by atoms with Gasteiger partial charge in [-0.05, 0) is 47.5 Å². The minimum absolute atomic E-state index is 0.00374. The average Bonchev–Trinajstić information content (AvgIpc) is 3.45. The number of thiophene rings is 2. The summed E-state index contributed by atoms with van der Waals surface area (Å²) in [7, 11) is 0. The molecule has 1 atom stereocenters. The van der Waals surface area contributed by atoms with E-state index in [9.17, 15) is 24.8 Å². The van der Waals surface area contributed by atoms with E-state index in [4.69, 9.17) is 0 Å². The summed E-state index contributed by atoms with van der Waals surface area (Å²) in [4.78, 5) is 39.4. The van der Waals surface area contributed by atoms with E-state index in [2.05, 4.69) is 0 Å². The first-order valence-corrected chi connectivity index (χ1v) is 10.7. The minimum Gasteiger partial charge on any atom is -0.507 e. The predicted molar refractivity (Wildman–Crippen MR) is 114 cm³/mol. The van der Waals surface area contributed by atoms with Crippen molar-refractivity contribution in [1.82, 2.24) is 4.90 Å². The predicted octanol–water partition coefficient (Wildman–Crippen LogP) is 4.65. The fourth-order valence-electron chi connectivity index (χ4n) is 3.45. The molecular formula is C21H16N2O5S2. The number of aryl methyl sites for hydroxylation is 1. The van der Waals surface area contributed by atoms with Gasteiger partial charge in [0.1, 0.15) is 11.8 Å². The SMILES string of the molecule is Cc1ccsc1C1/C(=C(/O)c2ccc([N+](=O)[O-])cc2)C(=O)C(=O)N1Cc1cccs1. The van der Waals surface area contributed by atoms with Crippen LogP contribution in [0.5, 0.6) is 0 Å². The Balaban J connectivity index is 1.84. The molecule has 1 aliphatic rings. The Hall–Kier alpha value is -3.30. The Kier molecular flexibility index (Phi) is 5.23. The van der Waals surface area contributed by atoms with Crippen LogP contribution in [-0.4, -0.2) is 26.6 Å². The number of hydrogen-bond acceptors (Lipinski definition) is 7. The Morgan fingerprint density at radius 1 is 1.13 bits per heavy atom. The van der Waals surface area contributed by atoms with Gasteiger partial charge in [0, 0.05) is 27.5 Å². The van der Waals surface area contributed by atoms with Crippen LogP contribution < -0.4 is 0 Å². The topological polar surface area (TPSA) is 101 Å². The summed E-state index contributed by atoms with van der Waals surface area (Å²) >= 11 is 2.90. The van der Waals surface area contributed by atoms with Gasteiger partial charge in [0.25, 0.3) is 17.4 Å². The van der Waals surface area contributed by atoms with Crippen molar-refractivity contribution in [1.29, 1.82) is 0 Å². The number of ketones is 1. The Labute approximate surface area is 179 Å². The molecule has 0 radical (unpaired) electrons. The van der Waals surface area contributed by atoms with Crippen molar-refractivity contribution >= 4 is 45.8 Å². The van der Waals surface area contributed by atoms with Gasteiger partial charge in [-0.1, -0.05) is 6.07 Å². The zero-order valence-electron chi connectivity index (χ0n) is 15.8. The van der Waals surface area contributed by atoms with Crippen LogP contribution in [0.15, 0.2) is 58.8 Å². The van der Waals surface area contributed by atoms with Crippen LogP contribution in [0.25, 0.3) is 5.76 Å². The number of amides is 1. The van der Waals surface area contributed by atoms with Crippen molar-refractivity contribution in [3.63, 3.8) is 0 Å². The van der Waals surface area contributed by atoms with E-state index in [1.54, 1.807) is 0 Å². The van der Waals surface area contributed by atoms with Crippen LogP contribution >= 0.6 is 22.7 Å². The molecule has 3 aromatic rings. The summed E-state index contributed by atoms with van der Waals surface area (Å²) in [5.74, 6) is -1.78. The molecule has 152 valence electrons. The molecular weight excluding hydrogens is 424 g/mol. The summed E-state index contributed by atoms with van der Waals surface area (Å²) in [6.07, 6.45) is 0. The van der Waals surface area contributed by atoms with E-state index in [0.717, 1.165) is 15.3 Å². The van der Waals surface area contributed by atoms with Crippen molar-refractivity contribution in [3.05, 3.63) is 89.8 Å². The maximum Gasteiger partial charge on any atom is 0.296 e. The Morgan fingerprint density at radius 3 is 2.43 bits per heavy atom. The first-order chi connectivity index (χ1) is 14.4. The number of nitrogens with zero attached hydrogens (tertiary/aromatic N) is 2. The lowest BCUT2D eigenvalue weighted by atomic mass is 9.98. The number of non-ortho nitro benzene ring substituents is 1. The molecule has 3 heterocycles. The number of carbonyl (C=O) groups is 2. The minimum atomic E-state index is -0.764. The van der Waals surface area contributed by atoms with Gasteiger partial charge >= 0.3 is 0 Å². The maximum absolute atomic E-state index is 12.9. The van der Waals surface area contributed by atoms with Gasteiger partial charge < -0.3 is 10.0 Å². The van der Waals surface area contributed by atoms with Crippen LogP contribution in [0.2, 0.25) is 0 Å². The van der Waals surface area contributed by atoms with E-state index in [-0.39, 0.29) is 29.1 Å². The van der Waals surface area contributed by atoms with Crippen molar-refractivity contribution in [2.75, 3.05) is 0 Å². The van der Waals surface area contributed by atoms with E-state index in [0.29, 0.717) is 0 Å². The first kappa shape index (κ1) is 20.0. The van der Waals surface area contributed by atoms with Gasteiger partial charge in [-0.25, -0.2) is 0 Å². The second-order valence-electron chi connectivity index (χ2n) is 6.78. The number of nitro benzene ring substituents is 1. The monoisotopic (exact) mass is 440 g/mol. The van der Waals surface area contributed by atoms with Gasteiger partial charge in [0.15, 0.2) is 0 Å². The highest BCUT2D eigenvalue weighted by Crippen LogP contribution is 2.43. The van der Waals surface area contributed by atoms with E-state index < -0.39 is 22.7 Å². The molecule has 0 spiro atoms. The van der Waals surface area contributed by atoms with E-state index in [1.165, 1.54) is 51.8 Å². The number of likely N-dealkylation sites (tertiary alicyclic amines) is 1. The highest BCUT2D eigenvalue weighted by atomic mass is 32.1. The molecule has 7 nitrogen and oxygen atoms in total. The van der Waals surface area contributed by atoms with Crippen LogP contribution in [-0.2, 0) is 16.1 Å². The third kappa shape index (κ3) is 3.42. The molecule has 9 heteroatoms. The zero-order chi connectivity index (χ0) is 21.4. The fraction of sp³-hybridized carbons (Fsp3) is 0.143. The van der Waals surface area contributed by atoms with E-state index >= 15 is 0 Å². The number of aliphatic hydroxyl groups is 1. The van der Waals surface area contributed by atoms with Crippen LogP contribution in [0.4, 0.5) is 5.69 Å². The second kappa shape index (κ2) is 7.85. The summed E-state index contributed by atoms with van der Waals surface area (Å²) in [6.45, 7) is 2.14. The van der Waals surface area contributed by atoms with Crippen molar-refractivity contribution in [2.45, 2.75) is 19.5 Å². The molecule has 1 saturated heterocycles. The molecule has 4 rings (SSSR count). The maximum atomic E-state index is 12.9. The zero-order valence-corrected chi connectivity index (χ0v) is 17.4. The smallest absolute Gasteiger partial charge is 0.296 e. The molecule has 2 aromatic heterocycles. The van der Waals surface area contributed by atoms with Crippen LogP contribution in [0, 0.1) is 17.0 Å². The molecule has 1 aliphatic heterocycles. The molecule has 0 saturated carbocycles. The first-order valence-electron chi connectivity index (χ1n) is 8.98. The summed E-state index contributed by atoms with van der Waals surface area (Å²) in [6, 6.07) is 10.2. The van der Waals surface area contributed by atoms with Gasteiger partial charge in [0.05, 0.1) is 17.0 Å². The number of benzene rings is 1. The normalized spacial score (nSPS) is 18.2. The average molecular weight is 441 g/mol. The third-order valence-electron chi connectivity index (χ3n) is 4.95. The molecule has 0 aliphatic carbocycles. The number of aliphatic hydroxyl groups excluding tert-OH is 1. The van der Waals surface area contributed by atoms with Gasteiger partial charge in [-0.15, -0.1) is 22.7 Å². The Bertz CT molecular complexity index is 1160. The number of nitro groups is 1. The summed E-state index contributed by atoms with van der Waals surface area (Å²) in [5.41, 5.74) is 1.03. The lowest BCUT2D eigenvalue weighted by Gasteiger charge is -2.24. The molecule has 1 unspecified atom stereocenters. The fourth-order valence-corrected chi connectivity index (χ4v) is 5.20. The summed E-state index contributed by atoms with van der Waals surface area (Å²) in [5, 5.41) is 25.6. The lowest BCUT2D eigenvalue weighted by Crippen LogP contribution is -2.28. The second-order valence-corrected chi connectivity index (χ2v) is 8.76. The van der Waals surface area contributed by atoms with Crippen LogP contribution in [0.1, 0.15) is 26.9 Å². The number of carbonyl (C=O) groups excluding carboxylic acids is 2. The molecule has 0 bridgehead atoms. The van der Waals surface area contributed by atoms with Gasteiger partial charge in [0.2, 0.25) is 0 Å². The van der Waals surface area contributed by atoms with Crippen molar-refractivity contribution in [3.8, 4) is 0 Å². The number of rotatable bonds is 5. The molecule has 1 aromatic carbocycles. The standard InChI is InChI=1S/C21H16N2O5S2/c1-12-8-10-30-20(12)17-16(18(24)13-4-6-14(7-5-13)23(27)28)19(25)21(26)22(17)11-15-3-2-9-29-15/h2-10,17,24H,11H2,1H3/b18-16-. The highest BCUT2D eigenvalue weighted by Gasteiger charge is 2.47. The number of hydrogen-bond donors (Lipinski definition) is 1. The van der Waals surface area contributed by atoms with Gasteiger partial charge in [-0.3, -0.25) is 19.7 Å². The van der Waals surface area contributed by atoms with E-state index in [1.807, 2.05) is 35.9 Å². The molecule has 1 N–H and O–H groups in total. The molecule has 1 fully saturated rings. The van der Waals surface area contributed by atoms with Crippen molar-refractivity contribution in [2.24, 2.45) is 0 Å². The molecule has 1 amide bonds.